The summed E-state index contributed by atoms with van der Waals surface area (Å²) in [6.07, 6.45) is -1.24. The summed E-state index contributed by atoms with van der Waals surface area (Å²) < 4.78 is 14.7. The number of cyclic esters (lactones) is 1. The van der Waals surface area contributed by atoms with Crippen molar-refractivity contribution < 1.29 is 23.8 Å². The fraction of sp³-hybridized carbons (Fsp3) is 0.750. The molecular formula is C8H12O5. The van der Waals surface area contributed by atoms with Crippen LogP contribution < -0.4 is 0 Å². The van der Waals surface area contributed by atoms with Gasteiger partial charge < -0.3 is 14.2 Å². The van der Waals surface area contributed by atoms with E-state index in [1.54, 1.807) is 0 Å². The third-order valence-corrected chi connectivity index (χ3v) is 1.82. The van der Waals surface area contributed by atoms with Crippen LogP contribution in [-0.2, 0) is 23.8 Å². The maximum atomic E-state index is 11.0. The number of ether oxygens (including phenoxy) is 3. The Morgan fingerprint density at radius 3 is 2.46 bits per heavy atom. The molecule has 5 heteroatoms. The molecule has 0 saturated carbocycles. The average molecular weight is 188 g/mol. The SMILES string of the molecule is COC(OC)C1CC(=O)CC(=O)O1. The predicted molar refractivity (Wildman–Crippen MR) is 41.9 cm³/mol. The Labute approximate surface area is 76.0 Å². The topological polar surface area (TPSA) is 61.8 Å². The number of carbonyl (C=O) groups excluding carboxylic acids is 2. The molecule has 1 saturated heterocycles. The molecule has 0 bridgehead atoms. The van der Waals surface area contributed by atoms with E-state index in [0.717, 1.165) is 0 Å². The van der Waals surface area contributed by atoms with Crippen molar-refractivity contribution in [3.63, 3.8) is 0 Å². The minimum atomic E-state index is -0.659. The molecule has 1 unspecified atom stereocenters. The van der Waals surface area contributed by atoms with Crippen molar-refractivity contribution in [2.45, 2.75) is 25.2 Å². The van der Waals surface area contributed by atoms with Crippen LogP contribution in [0.1, 0.15) is 12.8 Å². The molecule has 1 fully saturated rings. The molecule has 0 aromatic rings. The predicted octanol–water partition coefficient (Wildman–Crippen LogP) is -0.120. The standard InChI is InChI=1S/C8H12O5/c1-11-8(12-2)6-3-5(9)4-7(10)13-6/h6,8H,3-4H2,1-2H3. The van der Waals surface area contributed by atoms with Crippen molar-refractivity contribution in [3.8, 4) is 0 Å². The van der Waals surface area contributed by atoms with Crippen molar-refractivity contribution in [3.05, 3.63) is 0 Å². The number of hydrogen-bond acceptors (Lipinski definition) is 5. The average Bonchev–Trinajstić information content (AvgIpc) is 2.04. The van der Waals surface area contributed by atoms with Crippen LogP contribution in [0.5, 0.6) is 0 Å². The van der Waals surface area contributed by atoms with Crippen LogP contribution in [-0.4, -0.2) is 38.4 Å². The first-order valence-electron chi connectivity index (χ1n) is 3.94. The number of ketones is 1. The molecular weight excluding hydrogens is 176 g/mol. The lowest BCUT2D eigenvalue weighted by molar-refractivity contribution is -0.198. The normalized spacial score (nSPS) is 23.5. The summed E-state index contributed by atoms with van der Waals surface area (Å²) >= 11 is 0. The van der Waals surface area contributed by atoms with Crippen molar-refractivity contribution in [2.75, 3.05) is 14.2 Å². The van der Waals surface area contributed by atoms with Crippen LogP contribution in [0, 0.1) is 0 Å². The fourth-order valence-electron chi connectivity index (χ4n) is 1.26. The van der Waals surface area contributed by atoms with Crippen molar-refractivity contribution in [1.82, 2.24) is 0 Å². The highest BCUT2D eigenvalue weighted by molar-refractivity contribution is 5.97. The monoisotopic (exact) mass is 188 g/mol. The van der Waals surface area contributed by atoms with Gasteiger partial charge in [0.2, 0.25) is 0 Å². The van der Waals surface area contributed by atoms with E-state index >= 15 is 0 Å². The van der Waals surface area contributed by atoms with Gasteiger partial charge in [0, 0.05) is 20.6 Å². The van der Waals surface area contributed by atoms with Gasteiger partial charge in [-0.25, -0.2) is 0 Å². The molecule has 74 valence electrons. The van der Waals surface area contributed by atoms with E-state index in [1.807, 2.05) is 0 Å². The summed E-state index contributed by atoms with van der Waals surface area (Å²) in [4.78, 5) is 21.9. The van der Waals surface area contributed by atoms with E-state index in [4.69, 9.17) is 14.2 Å². The quantitative estimate of drug-likeness (QED) is 0.351. The van der Waals surface area contributed by atoms with E-state index < -0.39 is 18.4 Å². The second-order valence-corrected chi connectivity index (χ2v) is 2.79. The lowest BCUT2D eigenvalue weighted by Gasteiger charge is -2.26. The third-order valence-electron chi connectivity index (χ3n) is 1.82. The van der Waals surface area contributed by atoms with Gasteiger partial charge in [-0.1, -0.05) is 0 Å². The Bertz CT molecular complexity index is 193. The molecule has 13 heavy (non-hydrogen) atoms. The van der Waals surface area contributed by atoms with E-state index in [1.165, 1.54) is 14.2 Å². The van der Waals surface area contributed by atoms with Crippen molar-refractivity contribution >= 4 is 11.8 Å². The third kappa shape index (κ3) is 2.50. The maximum absolute atomic E-state index is 11.0. The Morgan fingerprint density at radius 2 is 2.00 bits per heavy atom. The van der Waals surface area contributed by atoms with Gasteiger partial charge in [0.1, 0.15) is 12.2 Å². The van der Waals surface area contributed by atoms with Gasteiger partial charge in [-0.15, -0.1) is 0 Å². The van der Waals surface area contributed by atoms with Crippen molar-refractivity contribution in [1.29, 1.82) is 0 Å². The molecule has 1 heterocycles. The molecule has 0 radical (unpaired) electrons. The summed E-state index contributed by atoms with van der Waals surface area (Å²) in [6.45, 7) is 0. The Morgan fingerprint density at radius 1 is 1.38 bits per heavy atom. The largest absolute Gasteiger partial charge is 0.456 e. The molecule has 0 aromatic carbocycles. The zero-order chi connectivity index (χ0) is 9.84. The van der Waals surface area contributed by atoms with Crippen molar-refractivity contribution in [2.24, 2.45) is 0 Å². The molecule has 1 atom stereocenters. The Hall–Kier alpha value is -0.940. The van der Waals surface area contributed by atoms with Crippen LogP contribution >= 0.6 is 0 Å². The van der Waals surface area contributed by atoms with Gasteiger partial charge in [-0.2, -0.15) is 0 Å². The zero-order valence-electron chi connectivity index (χ0n) is 7.61. The Kier molecular flexibility index (Phi) is 3.39. The molecule has 5 nitrogen and oxygen atoms in total. The number of Topliss-reactive ketones (excluding diaryl/α,β-unsaturated/α-hetero) is 1. The van der Waals surface area contributed by atoms with E-state index in [2.05, 4.69) is 0 Å². The number of esters is 1. The fourth-order valence-corrected chi connectivity index (χ4v) is 1.26. The summed E-state index contributed by atoms with van der Waals surface area (Å²) in [5.74, 6) is -0.652. The summed E-state index contributed by atoms with van der Waals surface area (Å²) in [5.41, 5.74) is 0. The highest BCUT2D eigenvalue weighted by Crippen LogP contribution is 2.16. The molecule has 0 aliphatic carbocycles. The smallest absolute Gasteiger partial charge is 0.313 e. The highest BCUT2D eigenvalue weighted by atomic mass is 16.7. The van der Waals surface area contributed by atoms with Crippen LogP contribution in [0.15, 0.2) is 0 Å². The van der Waals surface area contributed by atoms with E-state index in [0.29, 0.717) is 0 Å². The first kappa shape index (κ1) is 10.1. The minimum absolute atomic E-state index is 0.139. The van der Waals surface area contributed by atoms with Crippen LogP contribution in [0.2, 0.25) is 0 Å². The molecule has 0 aromatic heterocycles. The number of rotatable bonds is 3. The summed E-state index contributed by atoms with van der Waals surface area (Å²) in [7, 11) is 2.86. The second kappa shape index (κ2) is 4.34. The number of hydrogen-bond donors (Lipinski definition) is 0. The van der Waals surface area contributed by atoms with E-state index in [-0.39, 0.29) is 18.6 Å². The first-order chi connectivity index (χ1) is 6.17. The van der Waals surface area contributed by atoms with Gasteiger partial charge in [-0.3, -0.25) is 9.59 Å². The van der Waals surface area contributed by atoms with Gasteiger partial charge in [0.05, 0.1) is 0 Å². The minimum Gasteiger partial charge on any atom is -0.456 e. The van der Waals surface area contributed by atoms with E-state index in [9.17, 15) is 9.59 Å². The van der Waals surface area contributed by atoms with Crippen LogP contribution in [0.3, 0.4) is 0 Å². The highest BCUT2D eigenvalue weighted by Gasteiger charge is 2.32. The van der Waals surface area contributed by atoms with Crippen LogP contribution in [0.4, 0.5) is 0 Å². The van der Waals surface area contributed by atoms with Gasteiger partial charge >= 0.3 is 5.97 Å². The summed E-state index contributed by atoms with van der Waals surface area (Å²) in [5, 5.41) is 0. The number of carbonyl (C=O) groups is 2. The Balaban J connectivity index is 2.58. The van der Waals surface area contributed by atoms with Gasteiger partial charge in [-0.05, 0) is 0 Å². The molecule has 1 aliphatic heterocycles. The summed E-state index contributed by atoms with van der Waals surface area (Å²) in [6, 6.07) is 0. The molecule has 1 aliphatic rings. The molecule has 1 rings (SSSR count). The zero-order valence-corrected chi connectivity index (χ0v) is 7.61. The van der Waals surface area contributed by atoms with Gasteiger partial charge in [0.15, 0.2) is 12.4 Å². The lowest BCUT2D eigenvalue weighted by atomic mass is 10.1. The maximum Gasteiger partial charge on any atom is 0.313 e. The lowest BCUT2D eigenvalue weighted by Crippen LogP contribution is -2.40. The van der Waals surface area contributed by atoms with Crippen LogP contribution in [0.25, 0.3) is 0 Å². The van der Waals surface area contributed by atoms with Gasteiger partial charge in [0.25, 0.3) is 0 Å². The molecule has 0 amide bonds. The number of methoxy groups -OCH3 is 2. The molecule has 0 spiro atoms. The first-order valence-corrected chi connectivity index (χ1v) is 3.94. The second-order valence-electron chi connectivity index (χ2n) is 2.79. The molecule has 0 N–H and O–H groups in total.